The molecule has 4 heteroatoms. The molecule has 0 saturated heterocycles. The molecule has 0 amide bonds. The Morgan fingerprint density at radius 1 is 1.00 bits per heavy atom. The highest BCUT2D eigenvalue weighted by molar-refractivity contribution is 5.64. The fraction of sp³-hybridized carbons (Fsp3) is 0.231. The smallest absolute Gasteiger partial charge is 0.0677 e. The average Bonchev–Trinajstić information content (AvgIpc) is 2.36. The summed E-state index contributed by atoms with van der Waals surface area (Å²) in [6.07, 6.45) is 3.82. The Morgan fingerprint density at radius 2 is 1.65 bits per heavy atom. The summed E-state index contributed by atoms with van der Waals surface area (Å²) in [7, 11) is 3.16. The van der Waals surface area contributed by atoms with Crippen molar-refractivity contribution in [1.82, 2.24) is 11.0 Å². The zero-order valence-electron chi connectivity index (χ0n) is 10.4. The molecule has 0 fully saturated rings. The van der Waals surface area contributed by atoms with Crippen molar-refractivity contribution in [2.24, 2.45) is 0 Å². The molecule has 0 bridgehead atoms. The van der Waals surface area contributed by atoms with E-state index in [9.17, 15) is 0 Å². The Morgan fingerprint density at radius 3 is 2.24 bits per heavy atom. The van der Waals surface area contributed by atoms with E-state index in [1.165, 1.54) is 0 Å². The highest BCUT2D eigenvalue weighted by atomic mass is 16.6. The van der Waals surface area contributed by atoms with E-state index in [1.807, 2.05) is 49.4 Å². The van der Waals surface area contributed by atoms with Gasteiger partial charge in [0.25, 0.3) is 0 Å². The second-order valence-corrected chi connectivity index (χ2v) is 3.41. The van der Waals surface area contributed by atoms with Gasteiger partial charge in [0.1, 0.15) is 0 Å². The van der Waals surface area contributed by atoms with Gasteiger partial charge in [0.05, 0.1) is 19.9 Å². The van der Waals surface area contributed by atoms with Crippen LogP contribution < -0.4 is 11.0 Å². The monoisotopic (exact) mass is 234 g/mol. The molecule has 2 N–H and O–H groups in total. The summed E-state index contributed by atoms with van der Waals surface area (Å²) >= 11 is 0. The lowest BCUT2D eigenvalue weighted by atomic mass is 10.1. The van der Waals surface area contributed by atoms with E-state index < -0.39 is 0 Å². The number of nitrogens with one attached hydrogen (secondary N) is 2. The molecule has 0 aliphatic carbocycles. The summed E-state index contributed by atoms with van der Waals surface area (Å²) in [5.74, 6) is 0. The highest BCUT2D eigenvalue weighted by Gasteiger charge is 1.98. The van der Waals surface area contributed by atoms with Crippen molar-refractivity contribution in [3.63, 3.8) is 0 Å². The molecule has 0 atom stereocenters. The predicted octanol–water partition coefficient (Wildman–Crippen LogP) is 2.23. The van der Waals surface area contributed by atoms with Crippen LogP contribution in [0.15, 0.2) is 48.2 Å². The van der Waals surface area contributed by atoms with Gasteiger partial charge in [-0.1, -0.05) is 30.3 Å². The molecule has 0 saturated carbocycles. The van der Waals surface area contributed by atoms with Crippen molar-refractivity contribution in [2.75, 3.05) is 14.2 Å². The summed E-state index contributed by atoms with van der Waals surface area (Å²) in [6, 6.07) is 9.94. The van der Waals surface area contributed by atoms with Crippen molar-refractivity contribution in [2.45, 2.75) is 6.92 Å². The molecule has 0 unspecified atom stereocenters. The maximum Gasteiger partial charge on any atom is 0.0677 e. The van der Waals surface area contributed by atoms with E-state index >= 15 is 0 Å². The summed E-state index contributed by atoms with van der Waals surface area (Å²) in [4.78, 5) is 9.75. The summed E-state index contributed by atoms with van der Waals surface area (Å²) in [5.41, 5.74) is 8.42. The maximum atomic E-state index is 4.95. The zero-order chi connectivity index (χ0) is 12.5. The quantitative estimate of drug-likeness (QED) is 0.585. The molecule has 4 nitrogen and oxygen atoms in total. The van der Waals surface area contributed by atoms with E-state index in [4.69, 9.17) is 9.68 Å². The summed E-state index contributed by atoms with van der Waals surface area (Å²) in [6.45, 7) is 1.91. The molecule has 92 valence electrons. The second kappa shape index (κ2) is 7.49. The Labute approximate surface area is 102 Å². The second-order valence-electron chi connectivity index (χ2n) is 3.41. The summed E-state index contributed by atoms with van der Waals surface area (Å²) in [5, 5.41) is 0. The van der Waals surface area contributed by atoms with Crippen molar-refractivity contribution in [1.29, 1.82) is 0 Å². The molecule has 1 aromatic carbocycles. The number of rotatable bonds is 6. The normalized spacial score (nSPS) is 12.4. The third-order valence-corrected chi connectivity index (χ3v) is 2.06. The van der Waals surface area contributed by atoms with Crippen LogP contribution in [0, 0.1) is 0 Å². The van der Waals surface area contributed by atoms with Crippen molar-refractivity contribution >= 4 is 5.70 Å². The highest BCUT2D eigenvalue weighted by Crippen LogP contribution is 2.11. The van der Waals surface area contributed by atoms with E-state index in [0.717, 1.165) is 17.0 Å². The Balaban J connectivity index is 2.86. The van der Waals surface area contributed by atoms with Crippen LogP contribution in [0.1, 0.15) is 12.5 Å². The van der Waals surface area contributed by atoms with Crippen LogP contribution in [0.4, 0.5) is 0 Å². The average molecular weight is 234 g/mol. The molecule has 0 radical (unpaired) electrons. The number of benzene rings is 1. The molecule has 0 spiro atoms. The number of allylic oxidation sites excluding steroid dienone is 3. The van der Waals surface area contributed by atoms with E-state index in [2.05, 4.69) is 11.0 Å². The van der Waals surface area contributed by atoms with Crippen LogP contribution in [0.3, 0.4) is 0 Å². The Kier molecular flexibility index (Phi) is 5.85. The Bertz CT molecular complexity index is 386. The van der Waals surface area contributed by atoms with Gasteiger partial charge >= 0.3 is 0 Å². The first kappa shape index (κ1) is 13.3. The molecular formula is C13H18N2O2. The molecular weight excluding hydrogens is 216 g/mol. The SMILES string of the molecule is CONC(C)=CC=C(NOC)c1ccccc1. The number of hydrogen-bond donors (Lipinski definition) is 2. The minimum atomic E-state index is 0.880. The van der Waals surface area contributed by atoms with Gasteiger partial charge in [-0.15, -0.1) is 0 Å². The van der Waals surface area contributed by atoms with Crippen LogP contribution in [0.5, 0.6) is 0 Å². The van der Waals surface area contributed by atoms with Gasteiger partial charge < -0.3 is 0 Å². The van der Waals surface area contributed by atoms with E-state index in [0.29, 0.717) is 0 Å². The fourth-order valence-electron chi connectivity index (χ4n) is 1.32. The van der Waals surface area contributed by atoms with Crippen molar-refractivity contribution in [3.05, 3.63) is 53.7 Å². The van der Waals surface area contributed by atoms with Gasteiger partial charge in [-0.25, -0.2) is 0 Å². The van der Waals surface area contributed by atoms with Gasteiger partial charge in [0, 0.05) is 5.70 Å². The lowest BCUT2D eigenvalue weighted by Crippen LogP contribution is -2.11. The van der Waals surface area contributed by atoms with E-state index in [-0.39, 0.29) is 0 Å². The minimum Gasteiger partial charge on any atom is -0.280 e. The summed E-state index contributed by atoms with van der Waals surface area (Å²) < 4.78 is 0. The van der Waals surface area contributed by atoms with Gasteiger partial charge in [-0.05, 0) is 24.6 Å². The lowest BCUT2D eigenvalue weighted by Gasteiger charge is -2.08. The van der Waals surface area contributed by atoms with Crippen LogP contribution >= 0.6 is 0 Å². The first-order valence-electron chi connectivity index (χ1n) is 5.30. The molecule has 1 aromatic rings. The molecule has 0 aliphatic rings. The van der Waals surface area contributed by atoms with Crippen molar-refractivity contribution in [3.8, 4) is 0 Å². The van der Waals surface area contributed by atoms with E-state index in [1.54, 1.807) is 14.2 Å². The maximum absolute atomic E-state index is 4.95. The van der Waals surface area contributed by atoms with Gasteiger partial charge in [0.15, 0.2) is 0 Å². The topological polar surface area (TPSA) is 42.5 Å². The molecule has 17 heavy (non-hydrogen) atoms. The molecule has 0 aromatic heterocycles. The minimum absolute atomic E-state index is 0.880. The zero-order valence-corrected chi connectivity index (χ0v) is 10.4. The first-order valence-corrected chi connectivity index (χ1v) is 5.30. The number of hydroxylamine groups is 2. The standard InChI is InChI=1S/C13H18N2O2/c1-11(14-16-2)9-10-13(15-17-3)12-7-5-4-6-8-12/h4-10,14-15H,1-3H3. The lowest BCUT2D eigenvalue weighted by molar-refractivity contribution is 0.118. The Hall–Kier alpha value is -1.78. The van der Waals surface area contributed by atoms with Crippen molar-refractivity contribution < 1.29 is 9.68 Å². The fourth-order valence-corrected chi connectivity index (χ4v) is 1.32. The van der Waals surface area contributed by atoms with Crippen LogP contribution in [0.2, 0.25) is 0 Å². The van der Waals surface area contributed by atoms with Gasteiger partial charge in [-0.3, -0.25) is 20.6 Å². The molecule has 1 rings (SSSR count). The largest absolute Gasteiger partial charge is 0.280 e. The predicted molar refractivity (Wildman–Crippen MR) is 68.5 cm³/mol. The van der Waals surface area contributed by atoms with Crippen LogP contribution in [-0.4, -0.2) is 14.2 Å². The molecule has 0 aliphatic heterocycles. The van der Waals surface area contributed by atoms with Gasteiger partial charge in [-0.2, -0.15) is 0 Å². The third kappa shape index (κ3) is 4.72. The first-order chi connectivity index (χ1) is 8.27. The third-order valence-electron chi connectivity index (χ3n) is 2.06. The van der Waals surface area contributed by atoms with Crippen LogP contribution in [0.25, 0.3) is 5.70 Å². The molecule has 0 heterocycles. The van der Waals surface area contributed by atoms with Gasteiger partial charge in [0.2, 0.25) is 0 Å². The number of hydrogen-bond acceptors (Lipinski definition) is 4. The van der Waals surface area contributed by atoms with Crippen LogP contribution in [-0.2, 0) is 9.68 Å².